The highest BCUT2D eigenvalue weighted by Crippen LogP contribution is 2.29. The van der Waals surface area contributed by atoms with E-state index >= 15 is 0 Å². The average Bonchev–Trinajstić information content (AvgIpc) is 2.29. The Morgan fingerprint density at radius 1 is 1.38 bits per heavy atom. The summed E-state index contributed by atoms with van der Waals surface area (Å²) in [5, 5.41) is 3.50. The van der Waals surface area contributed by atoms with E-state index in [4.69, 9.17) is 0 Å². The van der Waals surface area contributed by atoms with Gasteiger partial charge in [-0.25, -0.2) is 0 Å². The normalized spacial score (nSPS) is 12.8. The molecule has 1 N–H and O–H groups in total. The SMILES string of the molecule is CCCNC(C)c1ccc(SCC)c(Br)c1. The first-order valence-electron chi connectivity index (χ1n) is 5.84. The first-order valence-corrected chi connectivity index (χ1v) is 7.62. The standard InChI is InChI=1S/C13H20BrNS/c1-4-8-15-10(3)11-6-7-13(16-5-2)12(14)9-11/h6-7,9-10,15H,4-5,8H2,1-3H3. The van der Waals surface area contributed by atoms with Crippen LogP contribution in [0.3, 0.4) is 0 Å². The van der Waals surface area contributed by atoms with Gasteiger partial charge in [-0.3, -0.25) is 0 Å². The fourth-order valence-electron chi connectivity index (χ4n) is 1.54. The first-order chi connectivity index (χ1) is 7.69. The molecule has 0 radical (unpaired) electrons. The van der Waals surface area contributed by atoms with Gasteiger partial charge in [-0.15, -0.1) is 11.8 Å². The Morgan fingerprint density at radius 2 is 2.12 bits per heavy atom. The number of benzene rings is 1. The van der Waals surface area contributed by atoms with Gasteiger partial charge in [0.15, 0.2) is 0 Å². The van der Waals surface area contributed by atoms with Crippen LogP contribution in [0.15, 0.2) is 27.6 Å². The van der Waals surface area contributed by atoms with Crippen LogP contribution in [-0.4, -0.2) is 12.3 Å². The van der Waals surface area contributed by atoms with Crippen molar-refractivity contribution in [2.45, 2.75) is 38.1 Å². The molecule has 0 amide bonds. The molecule has 1 aromatic carbocycles. The summed E-state index contributed by atoms with van der Waals surface area (Å²) in [7, 11) is 0. The Kier molecular flexibility index (Phi) is 6.47. The van der Waals surface area contributed by atoms with E-state index in [1.54, 1.807) is 0 Å². The molecule has 1 unspecified atom stereocenters. The van der Waals surface area contributed by atoms with Gasteiger partial charge in [0, 0.05) is 15.4 Å². The number of thioether (sulfide) groups is 1. The predicted molar refractivity (Wildman–Crippen MR) is 77.2 cm³/mol. The maximum atomic E-state index is 3.64. The smallest absolute Gasteiger partial charge is 0.0314 e. The minimum absolute atomic E-state index is 0.428. The van der Waals surface area contributed by atoms with E-state index in [0.717, 1.165) is 12.3 Å². The maximum Gasteiger partial charge on any atom is 0.0314 e. The molecule has 16 heavy (non-hydrogen) atoms. The summed E-state index contributed by atoms with van der Waals surface area (Å²) in [6.45, 7) is 7.65. The van der Waals surface area contributed by atoms with Crippen LogP contribution in [0.25, 0.3) is 0 Å². The van der Waals surface area contributed by atoms with E-state index in [2.05, 4.69) is 60.2 Å². The van der Waals surface area contributed by atoms with Crippen molar-refractivity contribution >= 4 is 27.7 Å². The maximum absolute atomic E-state index is 3.64. The highest BCUT2D eigenvalue weighted by atomic mass is 79.9. The number of hydrogen-bond donors (Lipinski definition) is 1. The predicted octanol–water partition coefficient (Wildman–Crippen LogP) is 4.62. The van der Waals surface area contributed by atoms with Crippen LogP contribution < -0.4 is 5.32 Å². The van der Waals surface area contributed by atoms with Gasteiger partial charge in [0.2, 0.25) is 0 Å². The molecule has 0 saturated heterocycles. The molecule has 0 aliphatic carbocycles. The van der Waals surface area contributed by atoms with Gasteiger partial charge in [0.05, 0.1) is 0 Å². The van der Waals surface area contributed by atoms with Crippen molar-refractivity contribution in [3.63, 3.8) is 0 Å². The lowest BCUT2D eigenvalue weighted by molar-refractivity contribution is 0.570. The number of hydrogen-bond acceptors (Lipinski definition) is 2. The van der Waals surface area contributed by atoms with Gasteiger partial charge in [-0.2, -0.15) is 0 Å². The highest BCUT2D eigenvalue weighted by molar-refractivity contribution is 9.10. The summed E-state index contributed by atoms with van der Waals surface area (Å²) in [5.74, 6) is 1.11. The Hall–Kier alpha value is 0.01000. The Balaban J connectivity index is 2.71. The van der Waals surface area contributed by atoms with Crippen LogP contribution in [0.2, 0.25) is 0 Å². The van der Waals surface area contributed by atoms with Gasteiger partial charge in [-0.1, -0.05) is 19.9 Å². The van der Waals surface area contributed by atoms with Crippen molar-refractivity contribution in [2.24, 2.45) is 0 Å². The number of rotatable bonds is 6. The van der Waals surface area contributed by atoms with E-state index in [-0.39, 0.29) is 0 Å². The monoisotopic (exact) mass is 301 g/mol. The van der Waals surface area contributed by atoms with Crippen molar-refractivity contribution in [2.75, 3.05) is 12.3 Å². The van der Waals surface area contributed by atoms with E-state index in [0.29, 0.717) is 6.04 Å². The number of halogens is 1. The van der Waals surface area contributed by atoms with Crippen LogP contribution in [0, 0.1) is 0 Å². The zero-order valence-corrected chi connectivity index (χ0v) is 12.6. The molecule has 3 heteroatoms. The van der Waals surface area contributed by atoms with Crippen molar-refractivity contribution in [3.05, 3.63) is 28.2 Å². The van der Waals surface area contributed by atoms with Gasteiger partial charge in [0.25, 0.3) is 0 Å². The second-order valence-electron chi connectivity index (χ2n) is 3.80. The zero-order chi connectivity index (χ0) is 12.0. The molecule has 0 aliphatic rings. The molecule has 0 bridgehead atoms. The van der Waals surface area contributed by atoms with Crippen LogP contribution in [0.1, 0.15) is 38.8 Å². The molecular formula is C13H20BrNS. The zero-order valence-electron chi connectivity index (χ0n) is 10.2. The molecular weight excluding hydrogens is 282 g/mol. The summed E-state index contributed by atoms with van der Waals surface area (Å²) in [4.78, 5) is 1.33. The third-order valence-electron chi connectivity index (χ3n) is 2.46. The molecule has 0 aliphatic heterocycles. The summed E-state index contributed by atoms with van der Waals surface area (Å²) >= 11 is 5.51. The molecule has 0 heterocycles. The minimum Gasteiger partial charge on any atom is -0.310 e. The summed E-state index contributed by atoms with van der Waals surface area (Å²) < 4.78 is 1.21. The van der Waals surface area contributed by atoms with Gasteiger partial charge in [-0.05, 0) is 59.3 Å². The van der Waals surface area contributed by atoms with Crippen LogP contribution in [-0.2, 0) is 0 Å². The Bertz CT molecular complexity index is 328. The molecule has 1 atom stereocenters. The quantitative estimate of drug-likeness (QED) is 0.769. The lowest BCUT2D eigenvalue weighted by atomic mass is 10.1. The third-order valence-corrected chi connectivity index (χ3v) is 4.33. The number of nitrogens with one attached hydrogen (secondary N) is 1. The van der Waals surface area contributed by atoms with E-state index < -0.39 is 0 Å². The lowest BCUT2D eigenvalue weighted by Gasteiger charge is -2.15. The van der Waals surface area contributed by atoms with Crippen molar-refractivity contribution in [3.8, 4) is 0 Å². The van der Waals surface area contributed by atoms with Crippen LogP contribution in [0.5, 0.6) is 0 Å². The fourth-order valence-corrected chi connectivity index (χ4v) is 2.95. The third kappa shape index (κ3) is 4.11. The van der Waals surface area contributed by atoms with Crippen LogP contribution in [0.4, 0.5) is 0 Å². The van der Waals surface area contributed by atoms with Crippen molar-refractivity contribution in [1.29, 1.82) is 0 Å². The van der Waals surface area contributed by atoms with Crippen LogP contribution >= 0.6 is 27.7 Å². The second-order valence-corrected chi connectivity index (χ2v) is 5.96. The summed E-state index contributed by atoms with van der Waals surface area (Å²) in [5.41, 5.74) is 1.35. The topological polar surface area (TPSA) is 12.0 Å². The Morgan fingerprint density at radius 3 is 2.69 bits per heavy atom. The van der Waals surface area contributed by atoms with Crippen molar-refractivity contribution in [1.82, 2.24) is 5.32 Å². The molecule has 90 valence electrons. The summed E-state index contributed by atoms with van der Waals surface area (Å²) in [6, 6.07) is 7.08. The lowest BCUT2D eigenvalue weighted by Crippen LogP contribution is -2.19. The van der Waals surface area contributed by atoms with Crippen molar-refractivity contribution < 1.29 is 0 Å². The summed E-state index contributed by atoms with van der Waals surface area (Å²) in [6.07, 6.45) is 1.18. The van der Waals surface area contributed by atoms with E-state index in [1.807, 2.05) is 11.8 Å². The van der Waals surface area contributed by atoms with Gasteiger partial charge >= 0.3 is 0 Å². The molecule has 0 spiro atoms. The van der Waals surface area contributed by atoms with Gasteiger partial charge < -0.3 is 5.32 Å². The largest absolute Gasteiger partial charge is 0.310 e. The van der Waals surface area contributed by atoms with Gasteiger partial charge in [0.1, 0.15) is 0 Å². The van der Waals surface area contributed by atoms with E-state index in [1.165, 1.54) is 21.4 Å². The molecule has 1 rings (SSSR count). The molecule has 1 aromatic rings. The molecule has 0 aromatic heterocycles. The second kappa shape index (κ2) is 7.36. The van der Waals surface area contributed by atoms with E-state index in [9.17, 15) is 0 Å². The molecule has 0 saturated carbocycles. The fraction of sp³-hybridized carbons (Fsp3) is 0.538. The minimum atomic E-state index is 0.428. The molecule has 1 nitrogen and oxygen atoms in total. The highest BCUT2D eigenvalue weighted by Gasteiger charge is 2.07. The average molecular weight is 302 g/mol. The first kappa shape index (κ1) is 14.1. The molecule has 0 fully saturated rings. The Labute approximate surface area is 112 Å².